The van der Waals surface area contributed by atoms with Crippen molar-refractivity contribution >= 4 is 16.7 Å². The Morgan fingerprint density at radius 2 is 1.81 bits per heavy atom. The summed E-state index contributed by atoms with van der Waals surface area (Å²) in [5.74, 6) is 1.03. The lowest BCUT2D eigenvalue weighted by molar-refractivity contribution is -0.132. The number of nitrogens with zero attached hydrogens (tertiary/aromatic N) is 2. The molecule has 1 heterocycles. The maximum Gasteiger partial charge on any atom is 0.253 e. The molecule has 3 atom stereocenters. The molecular weight excluding hydrogens is 448 g/mol. The predicted octanol–water partition coefficient (Wildman–Crippen LogP) is 4.95. The molecule has 0 spiro atoms. The number of phenolic OH excluding ortho intramolecular Hbond substituents is 1. The number of carbonyl (C=O) groups excluding carboxylic acids is 1. The van der Waals surface area contributed by atoms with Crippen LogP contribution >= 0.6 is 0 Å². The van der Waals surface area contributed by atoms with Crippen molar-refractivity contribution in [2.24, 2.45) is 5.92 Å². The minimum Gasteiger partial charge on any atom is -0.508 e. The normalized spacial score (nSPS) is 28.6. The third-order valence-corrected chi connectivity index (χ3v) is 9.18. The van der Waals surface area contributed by atoms with Gasteiger partial charge in [0, 0.05) is 37.2 Å². The molecule has 0 aromatic heterocycles. The van der Waals surface area contributed by atoms with Crippen molar-refractivity contribution in [1.29, 1.82) is 0 Å². The molecule has 3 aromatic rings. The van der Waals surface area contributed by atoms with Gasteiger partial charge in [0.05, 0.1) is 5.60 Å². The van der Waals surface area contributed by atoms with Gasteiger partial charge in [-0.25, -0.2) is 0 Å². The van der Waals surface area contributed by atoms with E-state index in [1.54, 1.807) is 6.07 Å². The lowest BCUT2D eigenvalue weighted by Gasteiger charge is -2.59. The first-order valence-corrected chi connectivity index (χ1v) is 13.4. The van der Waals surface area contributed by atoms with Crippen LogP contribution in [-0.4, -0.2) is 64.2 Å². The van der Waals surface area contributed by atoms with E-state index in [2.05, 4.69) is 17.0 Å². The average molecular weight is 485 g/mol. The van der Waals surface area contributed by atoms with Gasteiger partial charge in [-0.15, -0.1) is 0 Å². The van der Waals surface area contributed by atoms with Crippen molar-refractivity contribution in [3.8, 4) is 5.75 Å². The number of carbonyl (C=O) groups is 1. The van der Waals surface area contributed by atoms with Gasteiger partial charge in [0.25, 0.3) is 5.91 Å². The molecule has 5 heteroatoms. The van der Waals surface area contributed by atoms with Gasteiger partial charge in [-0.1, -0.05) is 42.5 Å². The lowest BCUT2D eigenvalue weighted by atomic mass is 9.55. The van der Waals surface area contributed by atoms with Gasteiger partial charge in [0.15, 0.2) is 0 Å². The minimum atomic E-state index is -0.878. The molecular formula is C31H36N2O3. The fourth-order valence-electron chi connectivity index (χ4n) is 6.88. The van der Waals surface area contributed by atoms with E-state index in [1.807, 2.05) is 60.5 Å². The van der Waals surface area contributed by atoms with Crippen molar-refractivity contribution in [2.45, 2.75) is 55.6 Å². The molecule has 1 aliphatic heterocycles. The monoisotopic (exact) mass is 484 g/mol. The molecule has 188 valence electrons. The number of piperidine rings is 1. The number of likely N-dealkylation sites (tertiary alicyclic amines) is 1. The van der Waals surface area contributed by atoms with Crippen LogP contribution in [0.4, 0.5) is 0 Å². The number of hydrogen-bond acceptors (Lipinski definition) is 4. The van der Waals surface area contributed by atoms with Crippen molar-refractivity contribution < 1.29 is 15.0 Å². The largest absolute Gasteiger partial charge is 0.508 e. The summed E-state index contributed by atoms with van der Waals surface area (Å²) in [4.78, 5) is 18.0. The smallest absolute Gasteiger partial charge is 0.253 e. The highest BCUT2D eigenvalue weighted by Gasteiger charge is 2.58. The molecule has 0 radical (unpaired) electrons. The second kappa shape index (κ2) is 8.89. The number of aromatic hydroxyl groups is 1. The van der Waals surface area contributed by atoms with E-state index in [-0.39, 0.29) is 17.7 Å². The van der Waals surface area contributed by atoms with Gasteiger partial charge in [0.2, 0.25) is 0 Å². The highest BCUT2D eigenvalue weighted by Crippen LogP contribution is 2.53. The molecule has 5 nitrogen and oxygen atoms in total. The van der Waals surface area contributed by atoms with Crippen molar-refractivity contribution in [3.05, 3.63) is 77.9 Å². The first-order valence-electron chi connectivity index (χ1n) is 13.4. The van der Waals surface area contributed by atoms with Crippen LogP contribution in [0.25, 0.3) is 10.8 Å². The van der Waals surface area contributed by atoms with Crippen LogP contribution in [0.3, 0.4) is 0 Å². The summed E-state index contributed by atoms with van der Waals surface area (Å²) in [6.07, 6.45) is 5.54. The molecule has 0 unspecified atom stereocenters. The fourth-order valence-corrected chi connectivity index (χ4v) is 6.88. The quantitative estimate of drug-likeness (QED) is 0.538. The number of β-amino-alcohol motifs (C(OH)–C–C–N with tert-alkyl or cyclic N) is 1. The van der Waals surface area contributed by atoms with Gasteiger partial charge in [-0.2, -0.15) is 0 Å². The summed E-state index contributed by atoms with van der Waals surface area (Å²) in [6.45, 7) is 2.67. The first-order chi connectivity index (χ1) is 17.4. The van der Waals surface area contributed by atoms with Gasteiger partial charge in [-0.3, -0.25) is 4.79 Å². The lowest BCUT2D eigenvalue weighted by Crippen LogP contribution is -2.67. The first kappa shape index (κ1) is 23.5. The summed E-state index contributed by atoms with van der Waals surface area (Å²) in [5, 5.41) is 24.8. The van der Waals surface area contributed by atoms with Crippen molar-refractivity contribution in [2.75, 3.05) is 26.7 Å². The van der Waals surface area contributed by atoms with Crippen LogP contribution in [0.5, 0.6) is 5.75 Å². The van der Waals surface area contributed by atoms with E-state index in [0.29, 0.717) is 24.9 Å². The number of phenols is 1. The molecule has 2 N–H and O–H groups in total. The van der Waals surface area contributed by atoms with Crippen molar-refractivity contribution in [3.63, 3.8) is 0 Å². The number of rotatable bonds is 5. The Balaban J connectivity index is 1.30. The number of amides is 1. The van der Waals surface area contributed by atoms with E-state index in [4.69, 9.17) is 0 Å². The highest BCUT2D eigenvalue weighted by atomic mass is 16.3. The van der Waals surface area contributed by atoms with E-state index in [1.165, 1.54) is 12.8 Å². The molecule has 3 aliphatic rings. The Morgan fingerprint density at radius 1 is 1.00 bits per heavy atom. The van der Waals surface area contributed by atoms with E-state index in [9.17, 15) is 15.0 Å². The van der Waals surface area contributed by atoms with Gasteiger partial charge in [-0.05, 0) is 91.6 Å². The minimum absolute atomic E-state index is 0.0153. The van der Waals surface area contributed by atoms with Crippen LogP contribution in [0.1, 0.15) is 54.4 Å². The van der Waals surface area contributed by atoms with Crippen LogP contribution in [0.2, 0.25) is 0 Å². The molecule has 6 rings (SSSR count). The topological polar surface area (TPSA) is 64.0 Å². The van der Waals surface area contributed by atoms with E-state index in [0.717, 1.165) is 48.2 Å². The number of benzene rings is 3. The molecule has 2 aliphatic carbocycles. The van der Waals surface area contributed by atoms with Crippen LogP contribution < -0.4 is 0 Å². The zero-order valence-electron chi connectivity index (χ0n) is 21.1. The summed E-state index contributed by atoms with van der Waals surface area (Å²) in [6, 6.07) is 21.5. The maximum atomic E-state index is 13.6. The third-order valence-electron chi connectivity index (χ3n) is 9.18. The van der Waals surface area contributed by atoms with Crippen LogP contribution in [-0.2, 0) is 5.41 Å². The summed E-state index contributed by atoms with van der Waals surface area (Å²) in [7, 11) is 1.91. The Hall–Kier alpha value is -2.89. The zero-order chi connectivity index (χ0) is 24.9. The van der Waals surface area contributed by atoms with Gasteiger partial charge < -0.3 is 20.0 Å². The van der Waals surface area contributed by atoms with Gasteiger partial charge >= 0.3 is 0 Å². The summed E-state index contributed by atoms with van der Waals surface area (Å²) < 4.78 is 0. The number of fused-ring (bicyclic) bond motifs is 2. The van der Waals surface area contributed by atoms with Gasteiger partial charge in [0.1, 0.15) is 5.75 Å². The number of aliphatic hydroxyl groups is 1. The molecule has 2 saturated carbocycles. The molecule has 0 bridgehead atoms. The van der Waals surface area contributed by atoms with E-state index >= 15 is 0 Å². The second-order valence-electron chi connectivity index (χ2n) is 11.5. The fraction of sp³-hybridized carbons (Fsp3) is 0.452. The Bertz CT molecular complexity index is 1290. The SMILES string of the molecule is CN(C(=O)c1ccc2ccccc2c1)[C@@H]1CC[C@]2(O)CN(CC3CC3)CC[C@@]2(c2cccc(O)c2)C1. The summed E-state index contributed by atoms with van der Waals surface area (Å²) in [5.41, 5.74) is 0.319. The average Bonchev–Trinajstić information content (AvgIpc) is 3.71. The zero-order valence-corrected chi connectivity index (χ0v) is 21.1. The Morgan fingerprint density at radius 3 is 2.58 bits per heavy atom. The molecule has 1 amide bonds. The molecule has 36 heavy (non-hydrogen) atoms. The van der Waals surface area contributed by atoms with Crippen LogP contribution in [0, 0.1) is 5.92 Å². The van der Waals surface area contributed by atoms with Crippen LogP contribution in [0.15, 0.2) is 66.7 Å². The van der Waals surface area contributed by atoms with E-state index < -0.39 is 11.0 Å². The predicted molar refractivity (Wildman–Crippen MR) is 142 cm³/mol. The second-order valence-corrected chi connectivity index (χ2v) is 11.5. The Kier molecular flexibility index (Phi) is 5.81. The molecule has 1 saturated heterocycles. The third kappa shape index (κ3) is 4.08. The standard InChI is InChI=1S/C31H36N2O3/c1-32(29(35)25-12-11-23-5-2-3-6-24(23)17-25)27-13-14-31(36)21-33(20-22-9-10-22)16-15-30(31,19-27)26-7-4-8-28(34)18-26/h2-8,11-12,17-18,22,27,34,36H,9-10,13-16,19-21H2,1H3/t27-,30+,31+/m1/s1. The number of hydrogen-bond donors (Lipinski definition) is 2. The molecule has 3 aromatic carbocycles. The maximum absolute atomic E-state index is 13.6. The highest BCUT2D eigenvalue weighted by molar-refractivity contribution is 5.98. The molecule has 3 fully saturated rings. The summed E-state index contributed by atoms with van der Waals surface area (Å²) >= 11 is 0. The Labute approximate surface area is 213 Å². The van der Waals surface area contributed by atoms with Crippen molar-refractivity contribution in [1.82, 2.24) is 9.80 Å².